The van der Waals surface area contributed by atoms with Crippen molar-refractivity contribution >= 4 is 28.7 Å². The highest BCUT2D eigenvalue weighted by atomic mass is 16.4. The second kappa shape index (κ2) is 5.60. The maximum atomic E-state index is 11.4. The lowest BCUT2D eigenvalue weighted by atomic mass is 10.3. The molecular formula is C13H18N4O2. The molecule has 0 unspecified atom stereocenters. The zero-order valence-corrected chi connectivity index (χ0v) is 11.1. The molecule has 1 heterocycles. The third kappa shape index (κ3) is 3.37. The summed E-state index contributed by atoms with van der Waals surface area (Å²) >= 11 is 0. The van der Waals surface area contributed by atoms with Gasteiger partial charge in [0, 0.05) is 19.0 Å². The predicted octanol–water partition coefficient (Wildman–Crippen LogP) is 1.74. The Morgan fingerprint density at radius 3 is 2.95 bits per heavy atom. The molecule has 2 aromatic rings. The monoisotopic (exact) mass is 262 g/mol. The number of oxazole rings is 1. The van der Waals surface area contributed by atoms with E-state index in [1.54, 1.807) is 12.1 Å². The van der Waals surface area contributed by atoms with Crippen molar-refractivity contribution in [3.8, 4) is 0 Å². The quantitative estimate of drug-likeness (QED) is 0.714. The van der Waals surface area contributed by atoms with Gasteiger partial charge in [-0.1, -0.05) is 6.07 Å². The molecule has 0 saturated carbocycles. The minimum Gasteiger partial charge on any atom is -0.423 e. The highest BCUT2D eigenvalue weighted by Gasteiger charge is 2.08. The van der Waals surface area contributed by atoms with Crippen LogP contribution in [0.4, 0.5) is 11.7 Å². The zero-order chi connectivity index (χ0) is 13.8. The number of anilines is 2. The third-order valence-corrected chi connectivity index (χ3v) is 2.53. The van der Waals surface area contributed by atoms with Crippen LogP contribution in [-0.4, -0.2) is 23.5 Å². The Morgan fingerprint density at radius 2 is 2.26 bits per heavy atom. The van der Waals surface area contributed by atoms with E-state index in [9.17, 15) is 4.79 Å². The van der Waals surface area contributed by atoms with Crippen LogP contribution in [0.5, 0.6) is 0 Å². The molecule has 102 valence electrons. The molecule has 6 heteroatoms. The van der Waals surface area contributed by atoms with Crippen molar-refractivity contribution in [1.29, 1.82) is 0 Å². The smallest absolute Gasteiger partial charge is 0.295 e. The molecule has 1 aromatic heterocycles. The van der Waals surface area contributed by atoms with E-state index in [1.807, 2.05) is 19.9 Å². The first-order valence-electron chi connectivity index (χ1n) is 6.24. The number of nitrogens with one attached hydrogen (secondary N) is 2. The summed E-state index contributed by atoms with van der Waals surface area (Å²) < 4.78 is 5.48. The molecule has 0 spiro atoms. The number of benzene rings is 1. The number of nitrogens with two attached hydrogens (primary N) is 1. The fraction of sp³-hybridized carbons (Fsp3) is 0.385. The first kappa shape index (κ1) is 13.2. The molecule has 0 radical (unpaired) electrons. The van der Waals surface area contributed by atoms with Gasteiger partial charge in [-0.25, -0.2) is 0 Å². The molecule has 0 aliphatic carbocycles. The Bertz CT molecular complexity index is 577. The second-order valence-electron chi connectivity index (χ2n) is 4.61. The summed E-state index contributed by atoms with van der Waals surface area (Å²) in [5.74, 6) is -0.00174. The van der Waals surface area contributed by atoms with E-state index in [0.29, 0.717) is 35.8 Å². The van der Waals surface area contributed by atoms with Crippen LogP contribution in [0.3, 0.4) is 0 Å². The van der Waals surface area contributed by atoms with Gasteiger partial charge >= 0.3 is 0 Å². The number of para-hydroxylation sites is 1. The molecular weight excluding hydrogens is 244 g/mol. The van der Waals surface area contributed by atoms with Gasteiger partial charge in [0.25, 0.3) is 6.01 Å². The number of hydrogen-bond acceptors (Lipinski definition) is 5. The lowest BCUT2D eigenvalue weighted by Crippen LogP contribution is -2.31. The minimum atomic E-state index is -0.00174. The number of nitrogen functional groups attached to an aromatic ring is 1. The van der Waals surface area contributed by atoms with Crippen molar-refractivity contribution in [3.63, 3.8) is 0 Å². The highest BCUT2D eigenvalue weighted by Crippen LogP contribution is 2.23. The lowest BCUT2D eigenvalue weighted by molar-refractivity contribution is -0.121. The Balaban J connectivity index is 1.92. The summed E-state index contributed by atoms with van der Waals surface area (Å²) in [6.07, 6.45) is 0.367. The van der Waals surface area contributed by atoms with Gasteiger partial charge in [0.15, 0.2) is 5.58 Å². The van der Waals surface area contributed by atoms with Crippen LogP contribution < -0.4 is 16.4 Å². The summed E-state index contributed by atoms with van der Waals surface area (Å²) in [7, 11) is 0. The van der Waals surface area contributed by atoms with Crippen molar-refractivity contribution in [1.82, 2.24) is 10.3 Å². The van der Waals surface area contributed by atoms with E-state index < -0.39 is 0 Å². The first-order chi connectivity index (χ1) is 9.06. The minimum absolute atomic E-state index is 0.00174. The standard InChI is InChI=1S/C13H18N4O2/c1-8(2)16-11(18)6-7-15-13-17-12-9(14)4-3-5-10(12)19-13/h3-5,8H,6-7,14H2,1-2H3,(H,15,17)(H,16,18). The molecule has 2 rings (SSSR count). The van der Waals surface area contributed by atoms with Gasteiger partial charge in [-0.3, -0.25) is 4.79 Å². The maximum absolute atomic E-state index is 11.4. The molecule has 0 bridgehead atoms. The number of hydrogen-bond donors (Lipinski definition) is 3. The molecule has 0 fully saturated rings. The number of carbonyl (C=O) groups excluding carboxylic acids is 1. The Hall–Kier alpha value is -2.24. The molecule has 19 heavy (non-hydrogen) atoms. The summed E-state index contributed by atoms with van der Waals surface area (Å²) in [4.78, 5) is 15.7. The van der Waals surface area contributed by atoms with Gasteiger partial charge in [-0.2, -0.15) is 4.98 Å². The van der Waals surface area contributed by atoms with E-state index in [1.165, 1.54) is 0 Å². The normalized spacial score (nSPS) is 10.9. The van der Waals surface area contributed by atoms with Gasteiger partial charge in [0.05, 0.1) is 5.69 Å². The van der Waals surface area contributed by atoms with E-state index in [2.05, 4.69) is 15.6 Å². The van der Waals surface area contributed by atoms with Crippen molar-refractivity contribution < 1.29 is 9.21 Å². The van der Waals surface area contributed by atoms with Crippen LogP contribution in [0.2, 0.25) is 0 Å². The van der Waals surface area contributed by atoms with E-state index >= 15 is 0 Å². The largest absolute Gasteiger partial charge is 0.423 e. The molecule has 0 saturated heterocycles. The molecule has 0 aliphatic heterocycles. The van der Waals surface area contributed by atoms with Crippen LogP contribution in [0.25, 0.3) is 11.1 Å². The molecule has 1 amide bonds. The highest BCUT2D eigenvalue weighted by molar-refractivity contribution is 5.86. The fourth-order valence-corrected chi connectivity index (χ4v) is 1.72. The van der Waals surface area contributed by atoms with E-state index in [-0.39, 0.29) is 11.9 Å². The summed E-state index contributed by atoms with van der Waals surface area (Å²) in [6, 6.07) is 5.91. The Kier molecular flexibility index (Phi) is 3.89. The van der Waals surface area contributed by atoms with Gasteiger partial charge in [0.2, 0.25) is 5.91 Å². The van der Waals surface area contributed by atoms with Crippen LogP contribution in [0.15, 0.2) is 22.6 Å². The third-order valence-electron chi connectivity index (χ3n) is 2.53. The average Bonchev–Trinajstić information content (AvgIpc) is 2.72. The number of amides is 1. The topological polar surface area (TPSA) is 93.2 Å². The van der Waals surface area contributed by atoms with Crippen LogP contribution >= 0.6 is 0 Å². The Morgan fingerprint density at radius 1 is 1.47 bits per heavy atom. The SMILES string of the molecule is CC(C)NC(=O)CCNc1nc2c(N)cccc2o1. The lowest BCUT2D eigenvalue weighted by Gasteiger charge is -2.07. The fourth-order valence-electron chi connectivity index (χ4n) is 1.72. The van der Waals surface area contributed by atoms with E-state index in [4.69, 9.17) is 10.2 Å². The van der Waals surface area contributed by atoms with Gasteiger partial charge in [0.1, 0.15) is 5.52 Å². The Labute approximate surface area is 111 Å². The van der Waals surface area contributed by atoms with Crippen LogP contribution in [-0.2, 0) is 4.79 Å². The molecule has 6 nitrogen and oxygen atoms in total. The predicted molar refractivity (Wildman–Crippen MR) is 74.8 cm³/mol. The number of rotatable bonds is 5. The van der Waals surface area contributed by atoms with Crippen molar-refractivity contribution in [3.05, 3.63) is 18.2 Å². The summed E-state index contributed by atoms with van der Waals surface area (Å²) in [6.45, 7) is 4.31. The van der Waals surface area contributed by atoms with Crippen molar-refractivity contribution in [2.75, 3.05) is 17.6 Å². The molecule has 4 N–H and O–H groups in total. The van der Waals surface area contributed by atoms with Crippen molar-refractivity contribution in [2.45, 2.75) is 26.3 Å². The molecule has 1 aromatic carbocycles. The zero-order valence-electron chi connectivity index (χ0n) is 11.1. The number of fused-ring (bicyclic) bond motifs is 1. The first-order valence-corrected chi connectivity index (χ1v) is 6.24. The van der Waals surface area contributed by atoms with Crippen molar-refractivity contribution in [2.24, 2.45) is 0 Å². The number of aromatic nitrogens is 1. The summed E-state index contributed by atoms with van der Waals surface area (Å²) in [5.41, 5.74) is 7.63. The van der Waals surface area contributed by atoms with Gasteiger partial charge in [-0.05, 0) is 26.0 Å². The van der Waals surface area contributed by atoms with Gasteiger partial charge in [-0.15, -0.1) is 0 Å². The van der Waals surface area contributed by atoms with Crippen LogP contribution in [0, 0.1) is 0 Å². The average molecular weight is 262 g/mol. The van der Waals surface area contributed by atoms with E-state index in [0.717, 1.165) is 0 Å². The second-order valence-corrected chi connectivity index (χ2v) is 4.61. The number of carbonyl (C=O) groups is 1. The summed E-state index contributed by atoms with van der Waals surface area (Å²) in [5, 5.41) is 5.79. The number of nitrogens with zero attached hydrogens (tertiary/aromatic N) is 1. The maximum Gasteiger partial charge on any atom is 0.295 e. The molecule has 0 atom stereocenters. The molecule has 0 aliphatic rings. The van der Waals surface area contributed by atoms with Gasteiger partial charge < -0.3 is 20.8 Å². The van der Waals surface area contributed by atoms with Crippen LogP contribution in [0.1, 0.15) is 20.3 Å².